The topological polar surface area (TPSA) is 84.0 Å². The molecular weight excluding hydrogens is 300 g/mol. The Morgan fingerprint density at radius 3 is 2.82 bits per heavy atom. The van der Waals surface area contributed by atoms with Crippen molar-refractivity contribution in [1.29, 1.82) is 0 Å². The molecule has 0 aliphatic heterocycles. The number of carbonyl (C=O) groups excluding carboxylic acids is 2. The van der Waals surface area contributed by atoms with Crippen LogP contribution in [0.4, 0.5) is 4.79 Å². The van der Waals surface area contributed by atoms with E-state index in [1.165, 1.54) is 11.8 Å². The average Bonchev–Trinajstić information content (AvgIpc) is 3.28. The van der Waals surface area contributed by atoms with Crippen molar-refractivity contribution in [3.05, 3.63) is 30.1 Å². The second kappa shape index (κ2) is 6.31. The Hall–Kier alpha value is -2.15. The molecule has 1 saturated carbocycles. The molecule has 1 fully saturated rings. The van der Waals surface area contributed by atoms with E-state index in [1.54, 1.807) is 0 Å². The van der Waals surface area contributed by atoms with Gasteiger partial charge in [-0.2, -0.15) is 0 Å². The Morgan fingerprint density at radius 2 is 2.05 bits per heavy atom. The van der Waals surface area contributed by atoms with Gasteiger partial charge in [0.2, 0.25) is 5.91 Å². The quantitative estimate of drug-likeness (QED) is 0.666. The van der Waals surface area contributed by atoms with E-state index >= 15 is 0 Å². The van der Waals surface area contributed by atoms with E-state index in [0.29, 0.717) is 5.82 Å². The molecule has 1 aromatic carbocycles. The first-order valence-corrected chi connectivity index (χ1v) is 8.07. The minimum absolute atomic E-state index is 0.137. The summed E-state index contributed by atoms with van der Waals surface area (Å²) < 4.78 is 0. The molecule has 1 heterocycles. The van der Waals surface area contributed by atoms with Crippen molar-refractivity contribution in [2.24, 2.45) is 0 Å². The summed E-state index contributed by atoms with van der Waals surface area (Å²) in [7, 11) is 0. The summed E-state index contributed by atoms with van der Waals surface area (Å²) in [5, 5.41) is 6.71. The molecule has 0 radical (unpaired) electrons. The molecule has 0 bridgehead atoms. The number of amides is 3. The molecule has 0 saturated heterocycles. The van der Waals surface area contributed by atoms with E-state index in [2.05, 4.69) is 20.6 Å². The number of thioether (sulfide) groups is 1. The zero-order valence-electron chi connectivity index (χ0n) is 12.1. The lowest BCUT2D eigenvalue weighted by atomic mass is 10.2. The number of rotatable bonds is 4. The molecule has 0 atom stereocenters. The zero-order chi connectivity index (χ0) is 15.5. The molecular formula is C15H16N4O2S. The largest absolute Gasteiger partial charge is 0.335 e. The van der Waals surface area contributed by atoms with Crippen LogP contribution in [-0.2, 0) is 4.79 Å². The summed E-state index contributed by atoms with van der Waals surface area (Å²) in [4.78, 5) is 32.1. The number of para-hydroxylation sites is 1. The summed E-state index contributed by atoms with van der Waals surface area (Å²) in [5.74, 6) is 0.468. The number of nitrogens with zero attached hydrogens (tertiary/aromatic N) is 2. The number of hydrogen-bond donors (Lipinski definition) is 2. The molecule has 3 amide bonds. The van der Waals surface area contributed by atoms with Gasteiger partial charge in [-0.15, -0.1) is 0 Å². The fourth-order valence-electron chi connectivity index (χ4n) is 2.01. The van der Waals surface area contributed by atoms with Gasteiger partial charge >= 0.3 is 6.03 Å². The number of carbonyl (C=O) groups is 2. The van der Waals surface area contributed by atoms with Crippen LogP contribution >= 0.6 is 11.8 Å². The maximum absolute atomic E-state index is 11.8. The van der Waals surface area contributed by atoms with Gasteiger partial charge in [0.25, 0.3) is 0 Å². The fraction of sp³-hybridized carbons (Fsp3) is 0.333. The molecule has 2 aromatic rings. The second-order valence-corrected chi connectivity index (χ2v) is 6.14. The van der Waals surface area contributed by atoms with Crippen LogP contribution in [0.3, 0.4) is 0 Å². The lowest BCUT2D eigenvalue weighted by Gasteiger charge is -2.07. The van der Waals surface area contributed by atoms with Gasteiger partial charge < -0.3 is 5.32 Å². The molecule has 1 aliphatic rings. The lowest BCUT2D eigenvalue weighted by molar-refractivity contribution is -0.117. The molecule has 22 heavy (non-hydrogen) atoms. The van der Waals surface area contributed by atoms with Crippen molar-refractivity contribution in [2.75, 3.05) is 5.75 Å². The summed E-state index contributed by atoms with van der Waals surface area (Å²) in [5.41, 5.74) is 0.851. The standard InChI is InChI=1S/C15H16N4O2S/c1-9-16-12-5-3-2-4-11(12)14(17-9)22-8-13(20)19-15(21)18-10-6-7-10/h2-5,10H,6-8H2,1H3,(H2,18,19,20,21). The van der Waals surface area contributed by atoms with Gasteiger partial charge in [0.15, 0.2) is 0 Å². The lowest BCUT2D eigenvalue weighted by Crippen LogP contribution is -2.41. The minimum Gasteiger partial charge on any atom is -0.335 e. The predicted molar refractivity (Wildman–Crippen MR) is 84.7 cm³/mol. The fourth-order valence-corrected chi connectivity index (χ4v) is 2.88. The monoisotopic (exact) mass is 316 g/mol. The highest BCUT2D eigenvalue weighted by Crippen LogP contribution is 2.24. The molecule has 1 aliphatic carbocycles. The van der Waals surface area contributed by atoms with E-state index < -0.39 is 6.03 Å². The SMILES string of the molecule is Cc1nc(SCC(=O)NC(=O)NC2CC2)c2ccccc2n1. The van der Waals surface area contributed by atoms with Crippen molar-refractivity contribution in [2.45, 2.75) is 30.8 Å². The van der Waals surface area contributed by atoms with Crippen LogP contribution in [-0.4, -0.2) is 33.7 Å². The van der Waals surface area contributed by atoms with Crippen molar-refractivity contribution in [3.8, 4) is 0 Å². The van der Waals surface area contributed by atoms with Crippen LogP contribution in [0.2, 0.25) is 0 Å². The maximum Gasteiger partial charge on any atom is 0.321 e. The van der Waals surface area contributed by atoms with Gasteiger partial charge in [-0.25, -0.2) is 14.8 Å². The maximum atomic E-state index is 11.8. The van der Waals surface area contributed by atoms with Crippen LogP contribution < -0.4 is 10.6 Å². The highest BCUT2D eigenvalue weighted by molar-refractivity contribution is 8.00. The normalized spacial score (nSPS) is 13.9. The smallest absolute Gasteiger partial charge is 0.321 e. The molecule has 1 aromatic heterocycles. The van der Waals surface area contributed by atoms with Crippen LogP contribution in [0.5, 0.6) is 0 Å². The van der Waals surface area contributed by atoms with Crippen LogP contribution in [0.1, 0.15) is 18.7 Å². The van der Waals surface area contributed by atoms with Gasteiger partial charge in [0.1, 0.15) is 10.9 Å². The summed E-state index contributed by atoms with van der Waals surface area (Å²) in [6, 6.07) is 7.48. The van der Waals surface area contributed by atoms with Gasteiger partial charge in [-0.1, -0.05) is 30.0 Å². The number of imide groups is 1. The molecule has 6 nitrogen and oxygen atoms in total. The first-order valence-electron chi connectivity index (χ1n) is 7.08. The van der Waals surface area contributed by atoms with Crippen molar-refractivity contribution >= 4 is 34.6 Å². The van der Waals surface area contributed by atoms with E-state index in [4.69, 9.17) is 0 Å². The summed E-state index contributed by atoms with van der Waals surface area (Å²) >= 11 is 1.31. The first kappa shape index (κ1) is 14.8. The van der Waals surface area contributed by atoms with Gasteiger partial charge in [-0.05, 0) is 25.8 Å². The van der Waals surface area contributed by atoms with Gasteiger partial charge in [0.05, 0.1) is 11.3 Å². The number of nitrogens with one attached hydrogen (secondary N) is 2. The molecule has 114 valence electrons. The Balaban J connectivity index is 1.63. The Labute approximate surface area is 132 Å². The van der Waals surface area contributed by atoms with Gasteiger partial charge in [-0.3, -0.25) is 10.1 Å². The van der Waals surface area contributed by atoms with E-state index in [-0.39, 0.29) is 17.7 Å². The average molecular weight is 316 g/mol. The summed E-state index contributed by atoms with van der Waals surface area (Å²) in [6.45, 7) is 1.82. The summed E-state index contributed by atoms with van der Waals surface area (Å²) in [6.07, 6.45) is 1.98. The van der Waals surface area contributed by atoms with Gasteiger partial charge in [0, 0.05) is 11.4 Å². The first-order chi connectivity index (χ1) is 10.6. The van der Waals surface area contributed by atoms with Crippen molar-refractivity contribution in [3.63, 3.8) is 0 Å². The molecule has 0 unspecified atom stereocenters. The van der Waals surface area contributed by atoms with Crippen molar-refractivity contribution < 1.29 is 9.59 Å². The third-order valence-electron chi connectivity index (χ3n) is 3.19. The van der Waals surface area contributed by atoms with Crippen LogP contribution in [0.25, 0.3) is 10.9 Å². The molecule has 7 heteroatoms. The Kier molecular flexibility index (Phi) is 4.24. The minimum atomic E-state index is -0.420. The number of fused-ring (bicyclic) bond motifs is 1. The number of benzene rings is 1. The van der Waals surface area contributed by atoms with E-state index in [1.807, 2.05) is 31.2 Å². The third-order valence-corrected chi connectivity index (χ3v) is 4.18. The van der Waals surface area contributed by atoms with E-state index in [0.717, 1.165) is 28.8 Å². The zero-order valence-corrected chi connectivity index (χ0v) is 12.9. The third kappa shape index (κ3) is 3.73. The predicted octanol–water partition coefficient (Wildman–Crippen LogP) is 2.02. The number of aryl methyl sites for hydroxylation is 1. The molecule has 2 N–H and O–H groups in total. The molecule has 0 spiro atoms. The number of urea groups is 1. The highest BCUT2D eigenvalue weighted by atomic mass is 32.2. The second-order valence-electron chi connectivity index (χ2n) is 5.18. The van der Waals surface area contributed by atoms with Crippen molar-refractivity contribution in [1.82, 2.24) is 20.6 Å². The van der Waals surface area contributed by atoms with E-state index in [9.17, 15) is 9.59 Å². The van der Waals surface area contributed by atoms with Crippen LogP contribution in [0.15, 0.2) is 29.3 Å². The number of hydrogen-bond acceptors (Lipinski definition) is 5. The Bertz CT molecular complexity index is 731. The highest BCUT2D eigenvalue weighted by Gasteiger charge is 2.23. The Morgan fingerprint density at radius 1 is 1.27 bits per heavy atom. The van der Waals surface area contributed by atoms with Crippen LogP contribution in [0, 0.1) is 6.92 Å². The molecule has 3 rings (SSSR count). The number of aromatic nitrogens is 2.